The highest BCUT2D eigenvalue weighted by Gasteiger charge is 2.14. The van der Waals surface area contributed by atoms with Crippen LogP contribution < -0.4 is 15.7 Å². The predicted octanol–water partition coefficient (Wildman–Crippen LogP) is 3.69. The molecule has 0 bridgehead atoms. The minimum atomic E-state index is -0.106. The van der Waals surface area contributed by atoms with Crippen molar-refractivity contribution < 1.29 is 9.53 Å². The highest BCUT2D eigenvalue weighted by molar-refractivity contribution is 5.88. The van der Waals surface area contributed by atoms with E-state index in [1.807, 2.05) is 67.6 Å². The van der Waals surface area contributed by atoms with Gasteiger partial charge in [0.05, 0.1) is 18.1 Å². The fourth-order valence-corrected chi connectivity index (χ4v) is 3.97. The largest absolute Gasteiger partial charge is 0.496 e. The number of methoxy groups -OCH3 is 1. The number of fused-ring (bicyclic) bond motifs is 2. The fourth-order valence-electron chi connectivity index (χ4n) is 3.97. The second-order valence-electron chi connectivity index (χ2n) is 7.16. The summed E-state index contributed by atoms with van der Waals surface area (Å²) in [5.41, 5.74) is 2.62. The number of rotatable bonds is 7. The number of carbonyl (C=O) groups excluding carboxylic acids is 1. The first-order valence-electron chi connectivity index (χ1n) is 10.1. The zero-order valence-electron chi connectivity index (χ0n) is 17.2. The lowest BCUT2D eigenvalue weighted by atomic mass is 10.0. The molecule has 1 heterocycles. The zero-order chi connectivity index (χ0) is 21.1. The van der Waals surface area contributed by atoms with Gasteiger partial charge in [0, 0.05) is 31.6 Å². The predicted molar refractivity (Wildman–Crippen MR) is 119 cm³/mol. The molecule has 0 radical (unpaired) electrons. The summed E-state index contributed by atoms with van der Waals surface area (Å²) >= 11 is 0. The first kappa shape index (κ1) is 19.8. The van der Waals surface area contributed by atoms with Crippen molar-refractivity contribution in [2.24, 2.45) is 0 Å². The van der Waals surface area contributed by atoms with Crippen molar-refractivity contribution >= 4 is 27.7 Å². The molecule has 4 aromatic rings. The van der Waals surface area contributed by atoms with Crippen molar-refractivity contribution in [1.29, 1.82) is 0 Å². The standard InChI is InChI=1S/C24H25N3O3/c1-3-26-20-10-6-7-11-21(20)27(24(26)29)15-14-23(28)25-16-19-18-9-5-4-8-17(18)12-13-22(19)30-2/h4-13H,3,14-16H2,1-2H3,(H,25,28). The molecule has 0 saturated heterocycles. The molecule has 0 spiro atoms. The first-order valence-corrected chi connectivity index (χ1v) is 10.1. The van der Waals surface area contributed by atoms with Gasteiger partial charge < -0.3 is 10.1 Å². The Morgan fingerprint density at radius 2 is 1.67 bits per heavy atom. The molecule has 0 aliphatic heterocycles. The number of imidazole rings is 1. The van der Waals surface area contributed by atoms with Gasteiger partial charge in [0.25, 0.3) is 0 Å². The number of hydrogen-bond donors (Lipinski definition) is 1. The van der Waals surface area contributed by atoms with Crippen LogP contribution in [0.2, 0.25) is 0 Å². The van der Waals surface area contributed by atoms with Crippen molar-refractivity contribution in [1.82, 2.24) is 14.5 Å². The van der Waals surface area contributed by atoms with Gasteiger partial charge in [-0.25, -0.2) is 4.79 Å². The Bertz CT molecular complexity index is 1270. The molecule has 0 unspecified atom stereocenters. The van der Waals surface area contributed by atoms with E-state index < -0.39 is 0 Å². The maximum Gasteiger partial charge on any atom is 0.329 e. The normalized spacial score (nSPS) is 11.1. The molecule has 6 nitrogen and oxygen atoms in total. The number of carbonyl (C=O) groups is 1. The number of hydrogen-bond acceptors (Lipinski definition) is 3. The number of amides is 1. The summed E-state index contributed by atoms with van der Waals surface area (Å²) in [4.78, 5) is 25.3. The molecule has 0 aliphatic carbocycles. The van der Waals surface area contributed by atoms with Crippen molar-refractivity contribution in [2.75, 3.05) is 7.11 Å². The maximum atomic E-state index is 12.7. The van der Waals surface area contributed by atoms with E-state index in [2.05, 4.69) is 5.32 Å². The molecule has 0 atom stereocenters. The number of nitrogens with one attached hydrogen (secondary N) is 1. The Labute approximate surface area is 174 Å². The topological polar surface area (TPSA) is 65.3 Å². The van der Waals surface area contributed by atoms with E-state index in [0.717, 1.165) is 33.1 Å². The molecular formula is C24H25N3O3. The fraction of sp³-hybridized carbons (Fsp3) is 0.250. The molecule has 1 N–H and O–H groups in total. The van der Waals surface area contributed by atoms with E-state index in [1.165, 1.54) is 0 Å². The van der Waals surface area contributed by atoms with Crippen molar-refractivity contribution in [3.63, 3.8) is 0 Å². The van der Waals surface area contributed by atoms with Gasteiger partial charge in [0.1, 0.15) is 5.75 Å². The molecular weight excluding hydrogens is 378 g/mol. The molecule has 154 valence electrons. The number of aromatic nitrogens is 2. The molecule has 0 saturated carbocycles. The summed E-state index contributed by atoms with van der Waals surface area (Å²) < 4.78 is 8.90. The van der Waals surface area contributed by atoms with E-state index in [0.29, 0.717) is 19.6 Å². The molecule has 6 heteroatoms. The average Bonchev–Trinajstić information content (AvgIpc) is 3.06. The van der Waals surface area contributed by atoms with Crippen molar-refractivity contribution in [3.05, 3.63) is 76.7 Å². The van der Waals surface area contributed by atoms with Crippen LogP contribution >= 0.6 is 0 Å². The summed E-state index contributed by atoms with van der Waals surface area (Å²) in [7, 11) is 1.63. The Balaban J connectivity index is 1.50. The molecule has 0 aliphatic rings. The Morgan fingerprint density at radius 3 is 2.40 bits per heavy atom. The minimum absolute atomic E-state index is 0.0813. The van der Waals surface area contributed by atoms with E-state index >= 15 is 0 Å². The van der Waals surface area contributed by atoms with Gasteiger partial charge in [-0.3, -0.25) is 13.9 Å². The minimum Gasteiger partial charge on any atom is -0.496 e. The van der Waals surface area contributed by atoms with Crippen LogP contribution in [0, 0.1) is 0 Å². The lowest BCUT2D eigenvalue weighted by Gasteiger charge is -2.13. The van der Waals surface area contributed by atoms with Crippen LogP contribution in [0.15, 0.2) is 65.5 Å². The van der Waals surface area contributed by atoms with Gasteiger partial charge in [0.15, 0.2) is 0 Å². The van der Waals surface area contributed by atoms with E-state index in [1.54, 1.807) is 16.2 Å². The second-order valence-corrected chi connectivity index (χ2v) is 7.16. The third kappa shape index (κ3) is 3.56. The van der Waals surface area contributed by atoms with Crippen LogP contribution in [0.4, 0.5) is 0 Å². The molecule has 3 aromatic carbocycles. The lowest BCUT2D eigenvalue weighted by Crippen LogP contribution is -2.28. The monoisotopic (exact) mass is 403 g/mol. The van der Waals surface area contributed by atoms with Gasteiger partial charge >= 0.3 is 5.69 Å². The Morgan fingerprint density at radius 1 is 0.967 bits per heavy atom. The van der Waals surface area contributed by atoms with Gasteiger partial charge in [-0.2, -0.15) is 0 Å². The van der Waals surface area contributed by atoms with Gasteiger partial charge in [0.2, 0.25) is 5.91 Å². The number of benzene rings is 3. The highest BCUT2D eigenvalue weighted by Crippen LogP contribution is 2.27. The van der Waals surface area contributed by atoms with Gasteiger partial charge in [-0.15, -0.1) is 0 Å². The summed E-state index contributed by atoms with van der Waals surface area (Å²) in [6.45, 7) is 3.25. The molecule has 30 heavy (non-hydrogen) atoms. The molecule has 1 aromatic heterocycles. The number of nitrogens with zero attached hydrogens (tertiary/aromatic N) is 2. The lowest BCUT2D eigenvalue weighted by molar-refractivity contribution is -0.121. The maximum absolute atomic E-state index is 12.7. The van der Waals surface area contributed by atoms with Crippen LogP contribution in [-0.2, 0) is 24.4 Å². The summed E-state index contributed by atoms with van der Waals surface area (Å²) in [6.07, 6.45) is 0.227. The number of ether oxygens (including phenoxy) is 1. The Kier molecular flexibility index (Phi) is 5.57. The number of aryl methyl sites for hydroxylation is 2. The molecule has 0 fully saturated rings. The number of para-hydroxylation sites is 2. The van der Waals surface area contributed by atoms with Crippen LogP contribution in [0.25, 0.3) is 21.8 Å². The van der Waals surface area contributed by atoms with E-state index in [9.17, 15) is 9.59 Å². The van der Waals surface area contributed by atoms with Crippen molar-refractivity contribution in [3.8, 4) is 5.75 Å². The van der Waals surface area contributed by atoms with Crippen LogP contribution in [0.1, 0.15) is 18.9 Å². The van der Waals surface area contributed by atoms with E-state index in [-0.39, 0.29) is 18.0 Å². The Hall–Kier alpha value is -3.54. The van der Waals surface area contributed by atoms with Gasteiger partial charge in [-0.1, -0.05) is 42.5 Å². The average molecular weight is 403 g/mol. The summed E-state index contributed by atoms with van der Waals surface area (Å²) in [5, 5.41) is 5.14. The smallest absolute Gasteiger partial charge is 0.329 e. The first-order chi connectivity index (χ1) is 14.6. The van der Waals surface area contributed by atoms with Crippen molar-refractivity contribution in [2.45, 2.75) is 33.0 Å². The second kappa shape index (κ2) is 8.45. The van der Waals surface area contributed by atoms with Gasteiger partial charge in [-0.05, 0) is 35.9 Å². The molecule has 4 rings (SSSR count). The zero-order valence-corrected chi connectivity index (χ0v) is 17.2. The quantitative estimate of drug-likeness (QED) is 0.512. The third-order valence-corrected chi connectivity index (χ3v) is 5.48. The van der Waals surface area contributed by atoms with Crippen LogP contribution in [-0.4, -0.2) is 22.2 Å². The highest BCUT2D eigenvalue weighted by atomic mass is 16.5. The molecule has 1 amide bonds. The third-order valence-electron chi connectivity index (χ3n) is 5.48. The summed E-state index contributed by atoms with van der Waals surface area (Å²) in [6, 6.07) is 19.6. The SMILES string of the molecule is CCn1c(=O)n(CCC(=O)NCc2c(OC)ccc3ccccc23)c2ccccc21. The summed E-state index contributed by atoms with van der Waals surface area (Å²) in [5.74, 6) is 0.640. The van der Waals surface area contributed by atoms with E-state index in [4.69, 9.17) is 4.74 Å². The van der Waals surface area contributed by atoms with Crippen LogP contribution in [0.3, 0.4) is 0 Å². The van der Waals surface area contributed by atoms with Crippen LogP contribution in [0.5, 0.6) is 5.75 Å².